The summed E-state index contributed by atoms with van der Waals surface area (Å²) >= 11 is 2.54. The third kappa shape index (κ3) is 3.22. The summed E-state index contributed by atoms with van der Waals surface area (Å²) in [5.74, 6) is -1.62. The number of β-lactam (4-membered cyclic amide) rings is 1. The number of nitrogens with zero attached hydrogens (tertiary/aromatic N) is 2. The standard InChI is InChI=1S/C15H14N4O5S2/c1-2-7-5-25-13-10(12(22)19(13)11(7)14(23)24)18-9(21)3-8-4-16-15(26-8)17-6-20/h2,4,6,10,13H,1,3,5H2,(H,18,21)(H,23,24)(H,16,17,20)/t10?,13-/m0/s1. The van der Waals surface area contributed by atoms with Gasteiger partial charge in [0.2, 0.25) is 12.3 Å². The molecule has 1 saturated heterocycles. The highest BCUT2D eigenvalue weighted by Gasteiger charge is 2.53. The molecule has 0 spiro atoms. The van der Waals surface area contributed by atoms with Gasteiger partial charge in [0.1, 0.15) is 17.1 Å². The smallest absolute Gasteiger partial charge is 0.352 e. The van der Waals surface area contributed by atoms with Crippen LogP contribution in [0.4, 0.5) is 5.13 Å². The lowest BCUT2D eigenvalue weighted by Crippen LogP contribution is -2.70. The zero-order valence-corrected chi connectivity index (χ0v) is 14.9. The summed E-state index contributed by atoms with van der Waals surface area (Å²) in [4.78, 5) is 52.1. The molecule has 1 aromatic heterocycles. The van der Waals surface area contributed by atoms with E-state index >= 15 is 0 Å². The van der Waals surface area contributed by atoms with E-state index in [0.29, 0.717) is 27.7 Å². The largest absolute Gasteiger partial charge is 0.477 e. The first kappa shape index (κ1) is 18.1. The van der Waals surface area contributed by atoms with Crippen molar-refractivity contribution in [1.29, 1.82) is 0 Å². The molecule has 11 heteroatoms. The average molecular weight is 394 g/mol. The summed E-state index contributed by atoms with van der Waals surface area (Å²) in [6.07, 6.45) is 3.41. The maximum atomic E-state index is 12.4. The molecule has 0 aliphatic carbocycles. The molecule has 0 saturated carbocycles. The van der Waals surface area contributed by atoms with Gasteiger partial charge < -0.3 is 15.7 Å². The second kappa shape index (κ2) is 7.30. The third-order valence-corrected chi connectivity index (χ3v) is 6.06. The van der Waals surface area contributed by atoms with Gasteiger partial charge >= 0.3 is 5.97 Å². The molecule has 1 unspecified atom stereocenters. The minimum Gasteiger partial charge on any atom is -0.477 e. The van der Waals surface area contributed by atoms with Crippen LogP contribution in [0.5, 0.6) is 0 Å². The molecule has 2 aliphatic rings. The summed E-state index contributed by atoms with van der Waals surface area (Å²) in [6.45, 7) is 3.58. The molecule has 0 bridgehead atoms. The Kier molecular flexibility index (Phi) is 5.09. The zero-order valence-electron chi connectivity index (χ0n) is 13.3. The van der Waals surface area contributed by atoms with Gasteiger partial charge in [-0.15, -0.1) is 23.1 Å². The molecular weight excluding hydrogens is 380 g/mol. The van der Waals surface area contributed by atoms with E-state index in [1.54, 1.807) is 0 Å². The van der Waals surface area contributed by atoms with Crippen LogP contribution in [0.3, 0.4) is 0 Å². The van der Waals surface area contributed by atoms with Crippen molar-refractivity contribution in [2.24, 2.45) is 0 Å². The number of amides is 3. The first-order chi connectivity index (χ1) is 12.5. The van der Waals surface area contributed by atoms with Crippen molar-refractivity contribution >= 4 is 52.4 Å². The van der Waals surface area contributed by atoms with Crippen LogP contribution < -0.4 is 10.6 Å². The van der Waals surface area contributed by atoms with Crippen molar-refractivity contribution in [2.45, 2.75) is 17.8 Å². The lowest BCUT2D eigenvalue weighted by atomic mass is 10.0. The van der Waals surface area contributed by atoms with Crippen LogP contribution >= 0.6 is 23.1 Å². The van der Waals surface area contributed by atoms with Gasteiger partial charge in [-0.3, -0.25) is 19.3 Å². The van der Waals surface area contributed by atoms with Crippen LogP contribution in [0, 0.1) is 0 Å². The number of rotatable bonds is 7. The van der Waals surface area contributed by atoms with Gasteiger partial charge in [0.25, 0.3) is 5.91 Å². The van der Waals surface area contributed by atoms with E-state index in [2.05, 4.69) is 22.2 Å². The number of aliphatic carboxylic acids is 1. The number of allylic oxidation sites excluding steroid dienone is 1. The molecular formula is C15H14N4O5S2. The molecule has 2 aliphatic heterocycles. The second-order valence-electron chi connectivity index (χ2n) is 5.41. The first-order valence-electron chi connectivity index (χ1n) is 7.44. The Morgan fingerprint density at radius 1 is 1.50 bits per heavy atom. The summed E-state index contributed by atoms with van der Waals surface area (Å²) in [5, 5.41) is 14.3. The Balaban J connectivity index is 1.65. The number of thiazole rings is 1. The summed E-state index contributed by atoms with van der Waals surface area (Å²) in [6, 6.07) is -0.770. The van der Waals surface area contributed by atoms with Crippen LogP contribution in [-0.2, 0) is 25.6 Å². The number of fused-ring (bicyclic) bond motifs is 1. The lowest BCUT2D eigenvalue weighted by Gasteiger charge is -2.49. The number of carboxylic acids is 1. The molecule has 1 aromatic rings. The number of carboxylic acid groups (broad SMARTS) is 1. The highest BCUT2D eigenvalue weighted by Crippen LogP contribution is 2.40. The highest BCUT2D eigenvalue weighted by atomic mass is 32.2. The lowest BCUT2D eigenvalue weighted by molar-refractivity contribution is -0.150. The molecule has 2 atom stereocenters. The van der Waals surface area contributed by atoms with E-state index in [4.69, 9.17) is 0 Å². The number of nitrogens with one attached hydrogen (secondary N) is 2. The minimum atomic E-state index is -1.19. The van der Waals surface area contributed by atoms with Gasteiger partial charge in [-0.25, -0.2) is 9.78 Å². The Morgan fingerprint density at radius 2 is 2.27 bits per heavy atom. The Bertz CT molecular complexity index is 834. The summed E-state index contributed by atoms with van der Waals surface area (Å²) in [7, 11) is 0. The normalized spacial score (nSPS) is 21.5. The fourth-order valence-corrected chi connectivity index (χ4v) is 4.80. The zero-order chi connectivity index (χ0) is 18.8. The van der Waals surface area contributed by atoms with Crippen molar-refractivity contribution in [3.05, 3.63) is 35.0 Å². The van der Waals surface area contributed by atoms with Crippen LogP contribution in [0.25, 0.3) is 0 Å². The predicted molar refractivity (Wildman–Crippen MR) is 95.4 cm³/mol. The van der Waals surface area contributed by atoms with E-state index in [1.165, 1.54) is 28.9 Å². The SMILES string of the molecule is C=CC1=C(C(=O)O)N2C(=O)C(NC(=O)Cc3cnc(NC=O)s3)[C@@H]2SC1. The Hall–Kier alpha value is -2.66. The molecule has 3 heterocycles. The third-order valence-electron chi connectivity index (χ3n) is 3.83. The summed E-state index contributed by atoms with van der Waals surface area (Å²) < 4.78 is 0. The molecule has 3 N–H and O–H groups in total. The molecule has 9 nitrogen and oxygen atoms in total. The van der Waals surface area contributed by atoms with Gasteiger partial charge in [-0.05, 0) is 5.57 Å². The molecule has 26 heavy (non-hydrogen) atoms. The van der Waals surface area contributed by atoms with E-state index in [1.807, 2.05) is 0 Å². The van der Waals surface area contributed by atoms with E-state index in [9.17, 15) is 24.3 Å². The maximum Gasteiger partial charge on any atom is 0.352 e. The topological polar surface area (TPSA) is 129 Å². The maximum absolute atomic E-state index is 12.4. The summed E-state index contributed by atoms with van der Waals surface area (Å²) in [5.41, 5.74) is 0.406. The van der Waals surface area contributed by atoms with Crippen LogP contribution in [0.2, 0.25) is 0 Å². The first-order valence-corrected chi connectivity index (χ1v) is 9.30. The van der Waals surface area contributed by atoms with Crippen molar-refractivity contribution < 1.29 is 24.3 Å². The number of anilines is 1. The number of carbonyl (C=O) groups excluding carboxylic acids is 3. The van der Waals surface area contributed by atoms with E-state index in [0.717, 1.165) is 11.3 Å². The monoisotopic (exact) mass is 394 g/mol. The number of carbonyl (C=O) groups is 4. The number of thioether (sulfide) groups is 1. The molecule has 0 aromatic carbocycles. The fraction of sp³-hybridized carbons (Fsp3) is 0.267. The quantitative estimate of drug-likeness (QED) is 0.444. The molecule has 0 radical (unpaired) electrons. The highest BCUT2D eigenvalue weighted by molar-refractivity contribution is 8.00. The van der Waals surface area contributed by atoms with Gasteiger partial charge in [0, 0.05) is 16.8 Å². The number of aromatic nitrogens is 1. The van der Waals surface area contributed by atoms with Gasteiger partial charge in [-0.1, -0.05) is 12.7 Å². The van der Waals surface area contributed by atoms with Crippen molar-refractivity contribution in [3.8, 4) is 0 Å². The van der Waals surface area contributed by atoms with Gasteiger partial charge in [-0.2, -0.15) is 0 Å². The van der Waals surface area contributed by atoms with Gasteiger partial charge in [0.05, 0.1) is 6.42 Å². The average Bonchev–Trinajstić information content (AvgIpc) is 3.05. The number of hydrogen-bond acceptors (Lipinski definition) is 7. The van der Waals surface area contributed by atoms with Crippen LogP contribution in [0.1, 0.15) is 4.88 Å². The molecule has 136 valence electrons. The Morgan fingerprint density at radius 3 is 2.92 bits per heavy atom. The van der Waals surface area contributed by atoms with Gasteiger partial charge in [0.15, 0.2) is 5.13 Å². The minimum absolute atomic E-state index is 0.0128. The van der Waals surface area contributed by atoms with Crippen LogP contribution in [-0.4, -0.2) is 56.4 Å². The molecule has 3 amide bonds. The second-order valence-corrected chi connectivity index (χ2v) is 7.63. The predicted octanol–water partition coefficient (Wildman–Crippen LogP) is 0.178. The number of hydrogen-bond donors (Lipinski definition) is 3. The molecule has 1 fully saturated rings. The fourth-order valence-electron chi connectivity index (χ4n) is 2.69. The van der Waals surface area contributed by atoms with Crippen molar-refractivity contribution in [3.63, 3.8) is 0 Å². The Labute approximate surface area is 156 Å². The van der Waals surface area contributed by atoms with E-state index < -0.39 is 23.3 Å². The van der Waals surface area contributed by atoms with E-state index in [-0.39, 0.29) is 18.0 Å². The van der Waals surface area contributed by atoms with Crippen LogP contribution in [0.15, 0.2) is 30.1 Å². The van der Waals surface area contributed by atoms with Crippen molar-refractivity contribution in [2.75, 3.05) is 11.1 Å². The van der Waals surface area contributed by atoms with Crippen molar-refractivity contribution in [1.82, 2.24) is 15.2 Å². The molecule has 3 rings (SSSR count).